The number of hydrogen-bond donors (Lipinski definition) is 2. The van der Waals surface area contributed by atoms with Crippen LogP contribution in [-0.2, 0) is 4.74 Å². The summed E-state index contributed by atoms with van der Waals surface area (Å²) in [5.41, 5.74) is 6.34. The second-order valence-electron chi connectivity index (χ2n) is 3.92. The number of nitrogens with two attached hydrogens (primary N) is 1. The molecule has 5 nitrogen and oxygen atoms in total. The highest BCUT2D eigenvalue weighted by Crippen LogP contribution is 2.37. The molecule has 17 heavy (non-hydrogen) atoms. The Hall–Kier alpha value is -1.74. The molecule has 3 N–H and O–H groups in total. The number of carbonyl (C=O) groups excluding carboxylic acids is 1. The number of carbonyl (C=O) groups is 1. The van der Waals surface area contributed by atoms with Crippen LogP contribution in [0.4, 0.5) is 10.7 Å². The van der Waals surface area contributed by atoms with Crippen LogP contribution in [0, 0.1) is 11.3 Å². The van der Waals surface area contributed by atoms with Crippen LogP contribution in [0.5, 0.6) is 0 Å². The Labute approximate surface area is 103 Å². The van der Waals surface area contributed by atoms with E-state index in [9.17, 15) is 4.79 Å². The summed E-state index contributed by atoms with van der Waals surface area (Å²) in [6.07, 6.45) is 3.39. The van der Waals surface area contributed by atoms with E-state index < -0.39 is 5.97 Å². The van der Waals surface area contributed by atoms with Gasteiger partial charge in [-0.15, -0.1) is 11.3 Å². The molecule has 90 valence electrons. The Balaban J connectivity index is 2.31. The molecule has 2 rings (SSSR count). The number of ether oxygens (including phenoxy) is 1. The Bertz CT molecular complexity index is 486. The third-order valence-electron chi connectivity index (χ3n) is 2.87. The molecule has 1 aliphatic carbocycles. The summed E-state index contributed by atoms with van der Waals surface area (Å²) in [5.74, 6) is -0.495. The summed E-state index contributed by atoms with van der Waals surface area (Å²) in [7, 11) is 1.30. The molecule has 1 saturated carbocycles. The average Bonchev–Trinajstić information content (AvgIpc) is 2.59. The summed E-state index contributed by atoms with van der Waals surface area (Å²) in [6, 6.07) is 2.43. The van der Waals surface area contributed by atoms with E-state index >= 15 is 0 Å². The maximum absolute atomic E-state index is 11.5. The SMILES string of the molecule is COC(=O)c1sc(NC2CCC2)c(C#N)c1N. The van der Waals surface area contributed by atoms with Crippen molar-refractivity contribution in [1.82, 2.24) is 0 Å². The maximum atomic E-state index is 11.5. The molecule has 1 aromatic heterocycles. The molecule has 1 aromatic rings. The van der Waals surface area contributed by atoms with Crippen molar-refractivity contribution in [3.63, 3.8) is 0 Å². The number of thiophene rings is 1. The van der Waals surface area contributed by atoms with Crippen LogP contribution in [0.2, 0.25) is 0 Å². The number of esters is 1. The first-order chi connectivity index (χ1) is 8.17. The van der Waals surface area contributed by atoms with Crippen LogP contribution in [0.3, 0.4) is 0 Å². The predicted molar refractivity (Wildman–Crippen MR) is 66.0 cm³/mol. The van der Waals surface area contributed by atoms with Crippen LogP contribution in [-0.4, -0.2) is 19.1 Å². The molecule has 0 bridgehead atoms. The lowest BCUT2D eigenvalue weighted by Crippen LogP contribution is -2.26. The van der Waals surface area contributed by atoms with Crippen molar-refractivity contribution < 1.29 is 9.53 Å². The van der Waals surface area contributed by atoms with Crippen molar-refractivity contribution in [2.24, 2.45) is 0 Å². The van der Waals surface area contributed by atoms with E-state index in [1.807, 2.05) is 6.07 Å². The van der Waals surface area contributed by atoms with Gasteiger partial charge in [0.05, 0.1) is 12.8 Å². The molecule has 6 heteroatoms. The minimum absolute atomic E-state index is 0.214. The van der Waals surface area contributed by atoms with E-state index in [0.717, 1.165) is 12.8 Å². The Morgan fingerprint density at radius 2 is 2.35 bits per heavy atom. The van der Waals surface area contributed by atoms with Crippen LogP contribution in [0.15, 0.2) is 0 Å². The molecule has 1 aliphatic rings. The van der Waals surface area contributed by atoms with Gasteiger partial charge >= 0.3 is 5.97 Å². The smallest absolute Gasteiger partial charge is 0.350 e. The van der Waals surface area contributed by atoms with Gasteiger partial charge in [0.2, 0.25) is 0 Å². The molecule has 0 unspecified atom stereocenters. The summed E-state index contributed by atoms with van der Waals surface area (Å²) in [4.78, 5) is 11.8. The van der Waals surface area contributed by atoms with Crippen molar-refractivity contribution in [3.8, 4) is 6.07 Å². The van der Waals surface area contributed by atoms with Gasteiger partial charge < -0.3 is 15.8 Å². The highest BCUT2D eigenvalue weighted by Gasteiger charge is 2.25. The van der Waals surface area contributed by atoms with Gasteiger partial charge in [0.15, 0.2) is 0 Å². The Morgan fingerprint density at radius 3 is 2.82 bits per heavy atom. The van der Waals surface area contributed by atoms with Gasteiger partial charge in [-0.1, -0.05) is 0 Å². The first-order valence-corrected chi connectivity index (χ1v) is 6.16. The minimum Gasteiger partial charge on any atom is -0.465 e. The number of nitriles is 1. The van der Waals surface area contributed by atoms with E-state index in [4.69, 9.17) is 11.0 Å². The Kier molecular flexibility index (Phi) is 3.20. The third-order valence-corrected chi connectivity index (χ3v) is 3.98. The fourth-order valence-electron chi connectivity index (χ4n) is 1.64. The van der Waals surface area contributed by atoms with Crippen LogP contribution in [0.25, 0.3) is 0 Å². The number of anilines is 2. The standard InChI is InChI=1S/C11H13N3O2S/c1-16-11(15)9-8(13)7(5-12)10(17-9)14-6-3-2-4-6/h6,14H,2-4,13H2,1H3. The first-order valence-electron chi connectivity index (χ1n) is 5.34. The van der Waals surface area contributed by atoms with Crippen molar-refractivity contribution in [2.45, 2.75) is 25.3 Å². The van der Waals surface area contributed by atoms with Gasteiger partial charge in [0, 0.05) is 6.04 Å². The molecule has 0 saturated heterocycles. The van der Waals surface area contributed by atoms with Crippen molar-refractivity contribution in [3.05, 3.63) is 10.4 Å². The fraction of sp³-hybridized carbons (Fsp3) is 0.455. The van der Waals surface area contributed by atoms with E-state index in [2.05, 4.69) is 10.1 Å². The van der Waals surface area contributed by atoms with Crippen molar-refractivity contribution >= 4 is 28.0 Å². The molecule has 1 heterocycles. The number of nitrogens with zero attached hydrogens (tertiary/aromatic N) is 1. The predicted octanol–water partition coefficient (Wildman–Crippen LogP) is 1.95. The van der Waals surface area contributed by atoms with E-state index in [-0.39, 0.29) is 5.69 Å². The number of hydrogen-bond acceptors (Lipinski definition) is 6. The van der Waals surface area contributed by atoms with E-state index in [1.165, 1.54) is 24.9 Å². The molecule has 0 amide bonds. The maximum Gasteiger partial charge on any atom is 0.350 e. The molecule has 0 spiro atoms. The van der Waals surface area contributed by atoms with Crippen molar-refractivity contribution in [1.29, 1.82) is 5.26 Å². The van der Waals surface area contributed by atoms with Gasteiger partial charge in [0.1, 0.15) is 21.5 Å². The molecular formula is C11H13N3O2S. The Morgan fingerprint density at radius 1 is 1.65 bits per heavy atom. The van der Waals surface area contributed by atoms with Crippen LogP contribution < -0.4 is 11.1 Å². The molecule has 1 fully saturated rings. The zero-order valence-electron chi connectivity index (χ0n) is 9.45. The van der Waals surface area contributed by atoms with Gasteiger partial charge in [-0.05, 0) is 19.3 Å². The summed E-state index contributed by atoms with van der Waals surface area (Å²) >= 11 is 1.19. The van der Waals surface area contributed by atoms with Crippen molar-refractivity contribution in [2.75, 3.05) is 18.2 Å². The lowest BCUT2D eigenvalue weighted by atomic mass is 9.93. The zero-order valence-corrected chi connectivity index (χ0v) is 10.3. The third kappa shape index (κ3) is 2.06. The summed E-state index contributed by atoms with van der Waals surface area (Å²) in [5, 5.41) is 13.0. The molecule has 0 atom stereocenters. The van der Waals surface area contributed by atoms with Gasteiger partial charge in [-0.2, -0.15) is 5.26 Å². The minimum atomic E-state index is -0.495. The van der Waals surface area contributed by atoms with Gasteiger partial charge in [0.25, 0.3) is 0 Å². The second kappa shape index (κ2) is 4.63. The normalized spacial score (nSPS) is 14.8. The molecule has 0 radical (unpaired) electrons. The second-order valence-corrected chi connectivity index (χ2v) is 4.95. The topological polar surface area (TPSA) is 88.1 Å². The van der Waals surface area contributed by atoms with Crippen LogP contribution >= 0.6 is 11.3 Å². The molecule has 0 aromatic carbocycles. The molecule has 0 aliphatic heterocycles. The zero-order chi connectivity index (χ0) is 12.4. The largest absolute Gasteiger partial charge is 0.465 e. The highest BCUT2D eigenvalue weighted by molar-refractivity contribution is 7.18. The van der Waals surface area contributed by atoms with E-state index in [0.29, 0.717) is 21.5 Å². The lowest BCUT2D eigenvalue weighted by Gasteiger charge is -2.26. The summed E-state index contributed by atoms with van der Waals surface area (Å²) < 4.78 is 4.63. The fourth-order valence-corrected chi connectivity index (χ4v) is 2.70. The number of methoxy groups -OCH3 is 1. The number of nitrogens with one attached hydrogen (secondary N) is 1. The average molecular weight is 251 g/mol. The number of nitrogen functional groups attached to an aromatic ring is 1. The van der Waals surface area contributed by atoms with Gasteiger partial charge in [-0.3, -0.25) is 0 Å². The van der Waals surface area contributed by atoms with E-state index in [1.54, 1.807) is 0 Å². The lowest BCUT2D eigenvalue weighted by molar-refractivity contribution is 0.0607. The quantitative estimate of drug-likeness (QED) is 0.802. The number of rotatable bonds is 3. The molecular weight excluding hydrogens is 238 g/mol. The summed E-state index contributed by atoms with van der Waals surface area (Å²) in [6.45, 7) is 0. The monoisotopic (exact) mass is 251 g/mol. The highest BCUT2D eigenvalue weighted by atomic mass is 32.1. The van der Waals surface area contributed by atoms with Crippen LogP contribution in [0.1, 0.15) is 34.5 Å². The van der Waals surface area contributed by atoms with Gasteiger partial charge in [-0.25, -0.2) is 4.79 Å². The first kappa shape index (κ1) is 11.7.